The second kappa shape index (κ2) is 12.8. The van der Waals surface area contributed by atoms with Crippen LogP contribution < -0.4 is 0 Å². The number of nitrogens with zero attached hydrogens (tertiary/aromatic N) is 3. The number of likely N-dealkylation sites (N-methyl/N-ethyl adjacent to an activating group) is 1. The molecule has 0 bridgehead atoms. The largest absolute Gasteiger partial charge is 0.418 e. The number of alkyl halides is 3. The van der Waals surface area contributed by atoms with Gasteiger partial charge in [0.05, 0.1) is 35.2 Å². The van der Waals surface area contributed by atoms with E-state index in [0.29, 0.717) is 30.5 Å². The van der Waals surface area contributed by atoms with Crippen LogP contribution in [0.1, 0.15) is 142 Å². The van der Waals surface area contributed by atoms with Gasteiger partial charge >= 0.3 is 6.18 Å². The molecule has 0 aromatic carbocycles. The fourth-order valence-electron chi connectivity index (χ4n) is 9.92. The van der Waals surface area contributed by atoms with Gasteiger partial charge in [0.1, 0.15) is 5.60 Å². The third-order valence-electron chi connectivity index (χ3n) is 12.6. The van der Waals surface area contributed by atoms with Gasteiger partial charge in [0.2, 0.25) is 5.91 Å². The molecule has 0 N–H and O–H groups in total. The van der Waals surface area contributed by atoms with Crippen LogP contribution in [0.3, 0.4) is 0 Å². The third kappa shape index (κ3) is 6.24. The van der Waals surface area contributed by atoms with Gasteiger partial charge in [-0.15, -0.1) is 0 Å². The first kappa shape index (κ1) is 34.7. The maximum absolute atomic E-state index is 15.4. The molecule has 3 heterocycles. The Balaban J connectivity index is 1.87. The molecule has 1 saturated heterocycles. The minimum absolute atomic E-state index is 0.0397. The van der Waals surface area contributed by atoms with Gasteiger partial charge in [-0.2, -0.15) is 13.2 Å². The molecular formula is C39H64F3N3O3. The molecule has 1 amide bonds. The molecular weight excluding hydrogens is 615 g/mol. The highest BCUT2D eigenvalue weighted by atomic mass is 19.4. The van der Waals surface area contributed by atoms with Crippen LogP contribution in [0, 0.1) is 30.1 Å². The van der Waals surface area contributed by atoms with Crippen molar-refractivity contribution in [2.75, 3.05) is 7.05 Å². The van der Waals surface area contributed by atoms with Crippen molar-refractivity contribution in [1.82, 2.24) is 14.8 Å². The number of aromatic nitrogens is 1. The first-order chi connectivity index (χ1) is 22.9. The van der Waals surface area contributed by atoms with E-state index in [2.05, 4.69) is 37.6 Å². The molecule has 1 saturated carbocycles. The summed E-state index contributed by atoms with van der Waals surface area (Å²) in [6.45, 7) is 26.7. The van der Waals surface area contributed by atoms with Crippen LogP contribution in [-0.4, -0.2) is 68.2 Å². The van der Waals surface area contributed by atoms with Crippen molar-refractivity contribution in [2.24, 2.45) is 23.2 Å². The number of halogens is 3. The summed E-state index contributed by atoms with van der Waals surface area (Å²) in [6.07, 6.45) is -5.57. The quantitative estimate of drug-likeness (QED) is 0.287. The van der Waals surface area contributed by atoms with Gasteiger partial charge in [-0.25, -0.2) is 0 Å². The van der Waals surface area contributed by atoms with E-state index in [1.807, 2.05) is 62.4 Å². The van der Waals surface area contributed by atoms with Crippen molar-refractivity contribution < 1.29 is 31.6 Å². The van der Waals surface area contributed by atoms with Gasteiger partial charge in [0, 0.05) is 39.7 Å². The smallest absolute Gasteiger partial charge is 0.369 e. The zero-order chi connectivity index (χ0) is 39.3. The minimum atomic E-state index is -4.55. The van der Waals surface area contributed by atoms with E-state index in [0.717, 1.165) is 12.6 Å². The Morgan fingerprint density at radius 1 is 1.21 bits per heavy atom. The lowest BCUT2D eigenvalue weighted by Gasteiger charge is -2.65. The highest BCUT2D eigenvalue weighted by Crippen LogP contribution is 2.58. The van der Waals surface area contributed by atoms with E-state index < -0.39 is 51.9 Å². The summed E-state index contributed by atoms with van der Waals surface area (Å²) in [5.74, 6) is -0.234. The lowest BCUT2D eigenvalue weighted by atomic mass is 9.61. The molecule has 3 aliphatic rings. The molecule has 2 fully saturated rings. The molecule has 9 heteroatoms. The summed E-state index contributed by atoms with van der Waals surface area (Å²) < 4.78 is 83.7. The Kier molecular flexibility index (Phi) is 9.26. The number of hydrogen-bond acceptors (Lipinski definition) is 5. The van der Waals surface area contributed by atoms with Crippen molar-refractivity contribution >= 4 is 5.91 Å². The van der Waals surface area contributed by atoms with Gasteiger partial charge in [0.25, 0.3) is 0 Å². The van der Waals surface area contributed by atoms with Crippen LogP contribution in [-0.2, 0) is 33.4 Å². The first-order valence-corrected chi connectivity index (χ1v) is 17.9. The third-order valence-corrected chi connectivity index (χ3v) is 12.6. The topological polar surface area (TPSA) is 54.9 Å². The second-order valence-electron chi connectivity index (χ2n) is 17.1. The number of carbonyl (C=O) groups is 1. The monoisotopic (exact) mass is 683 g/mol. The number of carbonyl (C=O) groups excluding carboxylic acids is 1. The molecule has 0 radical (unpaired) electrons. The minimum Gasteiger partial charge on any atom is -0.369 e. The fraction of sp³-hybridized carbons (Fsp3) is 0.846. The summed E-state index contributed by atoms with van der Waals surface area (Å²) in [4.78, 5) is 23.5. The van der Waals surface area contributed by atoms with E-state index in [1.165, 1.54) is 13.8 Å². The lowest BCUT2D eigenvalue weighted by Crippen LogP contribution is -2.76. The molecule has 6 nitrogen and oxygen atoms in total. The van der Waals surface area contributed by atoms with Crippen LogP contribution in [0.5, 0.6) is 0 Å². The standard InChI is InChI=1S/C39H64F3N3O3/c1-16-29(23(2)3)38(33(46)45-22-28-26(6)30(39(40,41)42)21-43-31(28)19-24(45)4)18-17-32(27(38)7)44(15)36(13)20-25(5)47-35(11,12)37(36,14)48-34(8,9)10/h21,23-25,27,29,32H,16-20,22H2,1-15H3/t24?,25?,27?,29?,32-,36+,37-,38+/m1/s1/i20D2,25D. The predicted molar refractivity (Wildman–Crippen MR) is 186 cm³/mol. The average Bonchev–Trinajstić information content (AvgIpc) is 3.30. The number of ether oxygens (including phenoxy) is 2. The molecule has 48 heavy (non-hydrogen) atoms. The van der Waals surface area contributed by atoms with Crippen molar-refractivity contribution in [2.45, 2.75) is 182 Å². The number of amides is 1. The molecule has 0 spiro atoms. The summed E-state index contributed by atoms with van der Waals surface area (Å²) in [5.41, 5.74) is -4.91. The van der Waals surface area contributed by atoms with E-state index in [1.54, 1.807) is 4.90 Å². The van der Waals surface area contributed by atoms with Gasteiger partial charge in [-0.1, -0.05) is 34.1 Å². The van der Waals surface area contributed by atoms with Crippen molar-refractivity contribution in [3.63, 3.8) is 0 Å². The van der Waals surface area contributed by atoms with Crippen molar-refractivity contribution in [3.8, 4) is 0 Å². The van der Waals surface area contributed by atoms with Crippen LogP contribution in [0.4, 0.5) is 13.2 Å². The summed E-state index contributed by atoms with van der Waals surface area (Å²) in [5, 5.41) is 0. The molecule has 2 aliphatic heterocycles. The molecule has 1 aliphatic carbocycles. The van der Waals surface area contributed by atoms with Gasteiger partial charge in [-0.3, -0.25) is 14.7 Å². The Bertz CT molecular complexity index is 1500. The normalized spacial score (nSPS) is 38.4. The lowest BCUT2D eigenvalue weighted by molar-refractivity contribution is -0.317. The Hall–Kier alpha value is -1.71. The summed E-state index contributed by atoms with van der Waals surface area (Å²) in [6, 6.07) is -0.559. The second-order valence-corrected chi connectivity index (χ2v) is 17.1. The number of hydrogen-bond donors (Lipinski definition) is 0. The number of rotatable bonds is 7. The average molecular weight is 683 g/mol. The van der Waals surface area contributed by atoms with E-state index in [4.69, 9.17) is 9.47 Å². The Labute approximate surface area is 293 Å². The molecule has 4 unspecified atom stereocenters. The van der Waals surface area contributed by atoms with E-state index >= 15 is 4.79 Å². The Morgan fingerprint density at radius 3 is 2.33 bits per heavy atom. The van der Waals surface area contributed by atoms with E-state index in [9.17, 15) is 17.3 Å². The summed E-state index contributed by atoms with van der Waals surface area (Å²) >= 11 is 0. The molecule has 8 atom stereocenters. The number of pyridine rings is 1. The van der Waals surface area contributed by atoms with Crippen LogP contribution >= 0.6 is 0 Å². The highest BCUT2D eigenvalue weighted by molar-refractivity contribution is 5.85. The SMILES string of the molecule is [2H]C1(C)OC(C)(C)[C@@](C)(OC(C)(C)C)[C@@](C)(N(C)[C@@H]2CC[C@@](C(=O)N3Cc4c(ncc(C(F)(F)F)c4C)CC3C)(C(CC)C(C)C)C2C)C1([2H])[2H]. The molecule has 1 aromatic rings. The zero-order valence-electron chi connectivity index (χ0n) is 35.2. The fourth-order valence-corrected chi connectivity index (χ4v) is 9.92. The van der Waals surface area contributed by atoms with Crippen molar-refractivity contribution in [1.29, 1.82) is 0 Å². The van der Waals surface area contributed by atoms with Gasteiger partial charge < -0.3 is 14.4 Å². The molecule has 4 rings (SSSR count). The van der Waals surface area contributed by atoms with Crippen LogP contribution in [0.25, 0.3) is 0 Å². The zero-order valence-corrected chi connectivity index (χ0v) is 32.2. The van der Waals surface area contributed by atoms with Crippen LogP contribution in [0.15, 0.2) is 6.20 Å². The van der Waals surface area contributed by atoms with Gasteiger partial charge in [-0.05, 0) is 124 Å². The maximum atomic E-state index is 15.4. The molecule has 274 valence electrons. The first-order valence-electron chi connectivity index (χ1n) is 19.4. The molecule has 1 aromatic heterocycles. The van der Waals surface area contributed by atoms with E-state index in [-0.39, 0.29) is 47.9 Å². The van der Waals surface area contributed by atoms with Crippen LogP contribution in [0.2, 0.25) is 0 Å². The Morgan fingerprint density at radius 2 is 1.81 bits per heavy atom. The highest BCUT2D eigenvalue weighted by Gasteiger charge is 2.66. The van der Waals surface area contributed by atoms with Crippen molar-refractivity contribution in [3.05, 3.63) is 28.6 Å². The number of fused-ring (bicyclic) bond motifs is 1. The summed E-state index contributed by atoms with van der Waals surface area (Å²) in [7, 11) is 1.91. The predicted octanol–water partition coefficient (Wildman–Crippen LogP) is 9.00. The maximum Gasteiger partial charge on any atom is 0.418 e. The van der Waals surface area contributed by atoms with Gasteiger partial charge in [0.15, 0.2) is 0 Å².